The number of nitrogens with zero attached hydrogens (tertiary/aromatic N) is 1. The molecular formula is C13H17ClN2O3. The molecule has 0 bridgehead atoms. The number of nitrogens with one attached hydrogen (secondary N) is 1. The van der Waals surface area contributed by atoms with Gasteiger partial charge in [-0.05, 0) is 25.5 Å². The molecule has 1 aromatic heterocycles. The van der Waals surface area contributed by atoms with E-state index < -0.39 is 5.97 Å². The molecule has 1 N–H and O–H groups in total. The largest absolute Gasteiger partial charge is 0.465 e. The van der Waals surface area contributed by atoms with Crippen molar-refractivity contribution in [3.8, 4) is 0 Å². The van der Waals surface area contributed by atoms with Gasteiger partial charge in [-0.3, -0.25) is 9.59 Å². The van der Waals surface area contributed by atoms with Gasteiger partial charge in [0.05, 0.1) is 6.61 Å². The highest BCUT2D eigenvalue weighted by Gasteiger charge is 2.11. The van der Waals surface area contributed by atoms with E-state index in [1.54, 1.807) is 13.0 Å². The first kappa shape index (κ1) is 15.4. The number of carbonyl (C=O) groups excluding carboxylic acids is 2. The summed E-state index contributed by atoms with van der Waals surface area (Å²) in [6, 6.07) is 3.15. The Labute approximate surface area is 117 Å². The lowest BCUT2D eigenvalue weighted by Crippen LogP contribution is -2.30. The molecule has 1 amide bonds. The number of hydrogen-bond donors (Lipinski definition) is 1. The van der Waals surface area contributed by atoms with Crippen LogP contribution in [0.4, 0.5) is 0 Å². The van der Waals surface area contributed by atoms with Gasteiger partial charge in [-0.2, -0.15) is 0 Å². The summed E-state index contributed by atoms with van der Waals surface area (Å²) in [5.41, 5.74) is 1.16. The molecule has 1 heterocycles. The minimum absolute atomic E-state index is 0.157. The fourth-order valence-corrected chi connectivity index (χ4v) is 1.76. The zero-order chi connectivity index (χ0) is 14.3. The smallest absolute Gasteiger partial charge is 0.325 e. The van der Waals surface area contributed by atoms with Gasteiger partial charge in [0.1, 0.15) is 11.7 Å². The van der Waals surface area contributed by atoms with Crippen LogP contribution in [0, 0.1) is 0 Å². The molecule has 0 aliphatic rings. The topological polar surface area (TPSA) is 68.3 Å². The minimum atomic E-state index is -0.468. The molecule has 0 spiro atoms. The number of pyridine rings is 1. The summed E-state index contributed by atoms with van der Waals surface area (Å²) in [6.45, 7) is 3.86. The molecule has 19 heavy (non-hydrogen) atoms. The van der Waals surface area contributed by atoms with Crippen LogP contribution in [0.15, 0.2) is 12.1 Å². The van der Waals surface area contributed by atoms with Crippen LogP contribution in [0.25, 0.3) is 0 Å². The van der Waals surface area contributed by atoms with Gasteiger partial charge < -0.3 is 10.1 Å². The Kier molecular flexibility index (Phi) is 6.29. The number of halogens is 1. The SMILES string of the molecule is CCCc1cc(C(=O)NCC(=O)OCC)cc(Cl)n1. The van der Waals surface area contributed by atoms with Crippen molar-refractivity contribution in [2.75, 3.05) is 13.2 Å². The lowest BCUT2D eigenvalue weighted by Gasteiger charge is -2.07. The molecule has 0 radical (unpaired) electrons. The molecule has 1 aromatic rings. The average Bonchev–Trinajstić information content (AvgIpc) is 2.36. The van der Waals surface area contributed by atoms with Gasteiger partial charge in [0, 0.05) is 11.3 Å². The Morgan fingerprint density at radius 1 is 1.37 bits per heavy atom. The van der Waals surface area contributed by atoms with Gasteiger partial charge in [0.2, 0.25) is 0 Å². The van der Waals surface area contributed by atoms with Crippen LogP contribution in [-0.4, -0.2) is 30.0 Å². The van der Waals surface area contributed by atoms with E-state index in [1.807, 2.05) is 6.92 Å². The third-order valence-corrected chi connectivity index (χ3v) is 2.51. The monoisotopic (exact) mass is 284 g/mol. The normalized spacial score (nSPS) is 10.1. The standard InChI is InChI=1S/C13H17ClN2O3/c1-3-5-10-6-9(7-11(14)16-10)13(18)15-8-12(17)19-4-2/h6-7H,3-5,8H2,1-2H3,(H,15,18). The van der Waals surface area contributed by atoms with Crippen molar-refractivity contribution in [2.24, 2.45) is 0 Å². The summed E-state index contributed by atoms with van der Waals surface area (Å²) in [4.78, 5) is 27.1. The van der Waals surface area contributed by atoms with Crippen LogP contribution in [0.1, 0.15) is 36.3 Å². The van der Waals surface area contributed by atoms with Crippen molar-refractivity contribution in [3.05, 3.63) is 28.5 Å². The summed E-state index contributed by atoms with van der Waals surface area (Å²) in [5.74, 6) is -0.834. The van der Waals surface area contributed by atoms with E-state index in [0.29, 0.717) is 5.56 Å². The van der Waals surface area contributed by atoms with Crippen LogP contribution < -0.4 is 5.32 Å². The third-order valence-electron chi connectivity index (χ3n) is 2.31. The molecule has 0 unspecified atom stereocenters. The Morgan fingerprint density at radius 3 is 2.74 bits per heavy atom. The van der Waals surface area contributed by atoms with E-state index in [0.717, 1.165) is 18.5 Å². The summed E-state index contributed by atoms with van der Waals surface area (Å²) in [6.07, 6.45) is 1.66. The van der Waals surface area contributed by atoms with E-state index in [1.165, 1.54) is 6.07 Å². The van der Waals surface area contributed by atoms with Gasteiger partial charge in [0.15, 0.2) is 0 Å². The second kappa shape index (κ2) is 7.74. The zero-order valence-electron chi connectivity index (χ0n) is 11.0. The number of hydrogen-bond acceptors (Lipinski definition) is 4. The Morgan fingerprint density at radius 2 is 2.11 bits per heavy atom. The molecule has 5 nitrogen and oxygen atoms in total. The maximum Gasteiger partial charge on any atom is 0.325 e. The summed E-state index contributed by atoms with van der Waals surface area (Å²) in [7, 11) is 0. The molecule has 0 fully saturated rings. The van der Waals surface area contributed by atoms with Crippen LogP contribution in [0.3, 0.4) is 0 Å². The fraction of sp³-hybridized carbons (Fsp3) is 0.462. The van der Waals surface area contributed by atoms with E-state index in [2.05, 4.69) is 10.3 Å². The molecule has 0 atom stereocenters. The zero-order valence-corrected chi connectivity index (χ0v) is 11.8. The highest BCUT2D eigenvalue weighted by atomic mass is 35.5. The molecule has 0 aliphatic carbocycles. The Balaban J connectivity index is 2.68. The molecule has 0 aliphatic heterocycles. The predicted molar refractivity (Wildman–Crippen MR) is 72.2 cm³/mol. The van der Waals surface area contributed by atoms with Crippen molar-refractivity contribution >= 4 is 23.5 Å². The van der Waals surface area contributed by atoms with Crippen LogP contribution >= 0.6 is 11.6 Å². The fourth-order valence-electron chi connectivity index (χ4n) is 1.53. The number of ether oxygens (including phenoxy) is 1. The quantitative estimate of drug-likeness (QED) is 0.641. The number of aryl methyl sites for hydroxylation is 1. The molecule has 0 saturated heterocycles. The van der Waals surface area contributed by atoms with Crippen LogP contribution in [-0.2, 0) is 16.0 Å². The number of rotatable bonds is 6. The van der Waals surface area contributed by atoms with Crippen LogP contribution in [0.2, 0.25) is 5.15 Å². The Hall–Kier alpha value is -1.62. The summed E-state index contributed by atoms with van der Waals surface area (Å²) < 4.78 is 4.72. The average molecular weight is 285 g/mol. The number of aromatic nitrogens is 1. The van der Waals surface area contributed by atoms with E-state index >= 15 is 0 Å². The Bertz CT molecular complexity index is 463. The van der Waals surface area contributed by atoms with Gasteiger partial charge in [-0.25, -0.2) is 4.98 Å². The first-order valence-electron chi connectivity index (χ1n) is 6.17. The van der Waals surface area contributed by atoms with Crippen molar-refractivity contribution < 1.29 is 14.3 Å². The predicted octanol–water partition coefficient (Wildman–Crippen LogP) is 1.98. The molecule has 104 valence electrons. The van der Waals surface area contributed by atoms with Crippen molar-refractivity contribution in [1.82, 2.24) is 10.3 Å². The molecule has 0 saturated carbocycles. The molecule has 0 aromatic carbocycles. The number of carbonyl (C=O) groups is 2. The highest BCUT2D eigenvalue weighted by molar-refractivity contribution is 6.29. The maximum atomic E-state index is 11.9. The first-order chi connectivity index (χ1) is 9.06. The summed E-state index contributed by atoms with van der Waals surface area (Å²) >= 11 is 5.86. The second-order valence-electron chi connectivity index (χ2n) is 3.91. The third kappa shape index (κ3) is 5.26. The highest BCUT2D eigenvalue weighted by Crippen LogP contribution is 2.12. The van der Waals surface area contributed by atoms with E-state index in [-0.39, 0.29) is 24.2 Å². The maximum absolute atomic E-state index is 11.9. The van der Waals surface area contributed by atoms with Gasteiger partial charge >= 0.3 is 5.97 Å². The van der Waals surface area contributed by atoms with Crippen molar-refractivity contribution in [3.63, 3.8) is 0 Å². The van der Waals surface area contributed by atoms with E-state index in [4.69, 9.17) is 16.3 Å². The molecule has 1 rings (SSSR count). The lowest BCUT2D eigenvalue weighted by atomic mass is 10.1. The van der Waals surface area contributed by atoms with Gasteiger partial charge in [-0.1, -0.05) is 24.9 Å². The lowest BCUT2D eigenvalue weighted by molar-refractivity contribution is -0.141. The molecular weight excluding hydrogens is 268 g/mol. The van der Waals surface area contributed by atoms with Gasteiger partial charge in [0.25, 0.3) is 5.91 Å². The van der Waals surface area contributed by atoms with E-state index in [9.17, 15) is 9.59 Å². The van der Waals surface area contributed by atoms with Crippen LogP contribution in [0.5, 0.6) is 0 Å². The number of amides is 1. The second-order valence-corrected chi connectivity index (χ2v) is 4.29. The van der Waals surface area contributed by atoms with Gasteiger partial charge in [-0.15, -0.1) is 0 Å². The molecule has 6 heteroatoms. The summed E-state index contributed by atoms with van der Waals surface area (Å²) in [5, 5.41) is 2.75. The number of esters is 1. The first-order valence-corrected chi connectivity index (χ1v) is 6.54. The van der Waals surface area contributed by atoms with Crippen molar-refractivity contribution in [2.45, 2.75) is 26.7 Å². The minimum Gasteiger partial charge on any atom is -0.465 e. The van der Waals surface area contributed by atoms with Crippen molar-refractivity contribution in [1.29, 1.82) is 0 Å².